The average molecular weight is 404 g/mol. The second-order valence-corrected chi connectivity index (χ2v) is 10.2. The molecule has 2 unspecified atom stereocenters. The van der Waals surface area contributed by atoms with E-state index in [-0.39, 0.29) is 29.4 Å². The number of carbonyl (C=O) groups excluding carboxylic acids is 2. The molecule has 4 aliphatic rings. The summed E-state index contributed by atoms with van der Waals surface area (Å²) in [6, 6.07) is 8.08. The summed E-state index contributed by atoms with van der Waals surface area (Å²) < 4.78 is 5.52. The van der Waals surface area contributed by atoms with Gasteiger partial charge in [0, 0.05) is 4.87 Å². The van der Waals surface area contributed by atoms with E-state index in [0.29, 0.717) is 18.3 Å². The number of ether oxygens (including phenoxy) is 1. The standard InChI is InChI=1S/C23H30ClNO3/c1-3-19(18-6-4-15(2)5-7-18)25-20(26)13-28-21(27)22-9-16-8-17(10-22)12-23(24,11-16)14-22/h4-7,16-17,19H,3,8-14H2,1-2H3,(H,25,26)/t16-,17+,19-,22?,23?/m1/s1. The van der Waals surface area contributed by atoms with Crippen molar-refractivity contribution < 1.29 is 14.3 Å². The zero-order valence-corrected chi connectivity index (χ0v) is 17.6. The van der Waals surface area contributed by atoms with Crippen LogP contribution >= 0.6 is 11.6 Å². The van der Waals surface area contributed by atoms with Gasteiger partial charge in [0.05, 0.1) is 11.5 Å². The number of benzene rings is 1. The van der Waals surface area contributed by atoms with Gasteiger partial charge in [-0.1, -0.05) is 36.8 Å². The van der Waals surface area contributed by atoms with Crippen LogP contribution in [0.15, 0.2) is 24.3 Å². The predicted molar refractivity (Wildman–Crippen MR) is 109 cm³/mol. The first-order valence-electron chi connectivity index (χ1n) is 10.5. The van der Waals surface area contributed by atoms with E-state index in [4.69, 9.17) is 16.3 Å². The van der Waals surface area contributed by atoms with Crippen molar-refractivity contribution in [1.82, 2.24) is 5.32 Å². The van der Waals surface area contributed by atoms with Crippen molar-refractivity contribution in [2.24, 2.45) is 17.3 Å². The molecule has 5 atom stereocenters. The van der Waals surface area contributed by atoms with Gasteiger partial charge < -0.3 is 10.1 Å². The highest BCUT2D eigenvalue weighted by Crippen LogP contribution is 2.64. The molecule has 1 aromatic rings. The van der Waals surface area contributed by atoms with Crippen LogP contribution in [-0.4, -0.2) is 23.4 Å². The van der Waals surface area contributed by atoms with Crippen molar-refractivity contribution in [3.05, 3.63) is 35.4 Å². The molecule has 4 aliphatic carbocycles. The molecule has 1 aromatic carbocycles. The maximum absolute atomic E-state index is 12.9. The number of carbonyl (C=O) groups is 2. The molecule has 1 N–H and O–H groups in total. The fourth-order valence-corrected chi connectivity index (χ4v) is 6.82. The fourth-order valence-electron chi connectivity index (χ4n) is 6.13. The zero-order valence-electron chi connectivity index (χ0n) is 16.8. The van der Waals surface area contributed by atoms with Crippen LogP contribution in [0.5, 0.6) is 0 Å². The summed E-state index contributed by atoms with van der Waals surface area (Å²) in [6.45, 7) is 3.86. The minimum Gasteiger partial charge on any atom is -0.455 e. The van der Waals surface area contributed by atoms with Gasteiger partial charge in [-0.15, -0.1) is 11.6 Å². The Morgan fingerprint density at radius 3 is 2.39 bits per heavy atom. The summed E-state index contributed by atoms with van der Waals surface area (Å²) >= 11 is 6.81. The molecule has 0 heterocycles. The molecule has 1 amide bonds. The number of hydrogen-bond acceptors (Lipinski definition) is 3. The van der Waals surface area contributed by atoms with Gasteiger partial charge >= 0.3 is 5.97 Å². The Morgan fingerprint density at radius 1 is 1.18 bits per heavy atom. The van der Waals surface area contributed by atoms with E-state index in [1.165, 1.54) is 12.0 Å². The molecule has 0 aromatic heterocycles. The lowest BCUT2D eigenvalue weighted by atomic mass is 9.49. The lowest BCUT2D eigenvalue weighted by molar-refractivity contribution is -0.171. The summed E-state index contributed by atoms with van der Waals surface area (Å²) in [4.78, 5) is 25.1. The molecule has 4 saturated carbocycles. The molecule has 152 valence electrons. The third-order valence-corrected chi connectivity index (χ3v) is 7.42. The van der Waals surface area contributed by atoms with E-state index >= 15 is 0 Å². The van der Waals surface area contributed by atoms with Gasteiger partial charge in [0.2, 0.25) is 0 Å². The van der Waals surface area contributed by atoms with Gasteiger partial charge in [-0.2, -0.15) is 0 Å². The Kier molecular flexibility index (Phi) is 5.20. The van der Waals surface area contributed by atoms with Crippen LogP contribution in [0.2, 0.25) is 0 Å². The number of nitrogens with one attached hydrogen (secondary N) is 1. The first-order valence-corrected chi connectivity index (χ1v) is 10.9. The predicted octanol–water partition coefficient (Wildman–Crippen LogP) is 4.68. The SMILES string of the molecule is CC[C@@H](NC(=O)COC(=O)C12C[C@@H]3C[C@@H](CC(Cl)(C3)C1)C2)c1ccc(C)cc1. The van der Waals surface area contributed by atoms with Gasteiger partial charge in [0.1, 0.15) is 0 Å². The summed E-state index contributed by atoms with van der Waals surface area (Å²) in [5.41, 5.74) is 1.79. The van der Waals surface area contributed by atoms with Crippen LogP contribution in [0.3, 0.4) is 0 Å². The minimum atomic E-state index is -0.465. The van der Waals surface area contributed by atoms with Crippen molar-refractivity contribution in [2.75, 3.05) is 6.61 Å². The number of amides is 1. The zero-order chi connectivity index (χ0) is 19.9. The van der Waals surface area contributed by atoms with E-state index < -0.39 is 5.41 Å². The van der Waals surface area contributed by atoms with Gasteiger partial charge in [0.25, 0.3) is 5.91 Å². The maximum atomic E-state index is 12.9. The van der Waals surface area contributed by atoms with Crippen LogP contribution in [0.4, 0.5) is 0 Å². The van der Waals surface area contributed by atoms with Gasteiger partial charge in [-0.3, -0.25) is 9.59 Å². The number of esters is 1. The first kappa shape index (κ1) is 19.8. The summed E-state index contributed by atoms with van der Waals surface area (Å²) in [7, 11) is 0. The summed E-state index contributed by atoms with van der Waals surface area (Å²) in [5, 5.41) is 3.00. The minimum absolute atomic E-state index is 0.0718. The normalized spacial score (nSPS) is 34.1. The highest BCUT2D eigenvalue weighted by molar-refractivity contribution is 6.24. The average Bonchev–Trinajstić information content (AvgIpc) is 2.63. The Labute approximate surface area is 172 Å². The summed E-state index contributed by atoms with van der Waals surface area (Å²) in [5.74, 6) is 0.605. The van der Waals surface area contributed by atoms with Crippen LogP contribution < -0.4 is 5.32 Å². The summed E-state index contributed by atoms with van der Waals surface area (Å²) in [6.07, 6.45) is 6.48. The van der Waals surface area contributed by atoms with Crippen LogP contribution in [0.1, 0.15) is 69.0 Å². The molecular formula is C23H30ClNO3. The van der Waals surface area contributed by atoms with Crippen molar-refractivity contribution in [3.63, 3.8) is 0 Å². The molecule has 4 bridgehead atoms. The van der Waals surface area contributed by atoms with E-state index in [2.05, 4.69) is 5.32 Å². The van der Waals surface area contributed by atoms with Crippen molar-refractivity contribution in [2.45, 2.75) is 69.7 Å². The van der Waals surface area contributed by atoms with E-state index in [0.717, 1.165) is 37.7 Å². The van der Waals surface area contributed by atoms with Gasteiger partial charge in [-0.05, 0) is 69.3 Å². The van der Waals surface area contributed by atoms with E-state index in [1.807, 2.05) is 38.1 Å². The second-order valence-electron chi connectivity index (χ2n) is 9.41. The molecule has 0 saturated heterocycles. The van der Waals surface area contributed by atoms with Gasteiger partial charge in [0.15, 0.2) is 6.61 Å². The number of aryl methyl sites for hydroxylation is 1. The Balaban J connectivity index is 1.34. The monoisotopic (exact) mass is 403 g/mol. The molecule has 5 rings (SSSR count). The van der Waals surface area contributed by atoms with Crippen LogP contribution in [0, 0.1) is 24.2 Å². The molecule has 5 heteroatoms. The molecule has 4 fully saturated rings. The quantitative estimate of drug-likeness (QED) is 0.554. The van der Waals surface area contributed by atoms with Crippen molar-refractivity contribution in [3.8, 4) is 0 Å². The molecule has 0 aliphatic heterocycles. The Bertz CT molecular complexity index is 746. The number of halogens is 1. The van der Waals surface area contributed by atoms with Crippen LogP contribution in [-0.2, 0) is 14.3 Å². The third-order valence-electron chi connectivity index (χ3n) is 6.98. The fraction of sp³-hybridized carbons (Fsp3) is 0.652. The third kappa shape index (κ3) is 3.80. The maximum Gasteiger partial charge on any atom is 0.312 e. The second kappa shape index (κ2) is 7.37. The highest BCUT2D eigenvalue weighted by atomic mass is 35.5. The van der Waals surface area contributed by atoms with Crippen molar-refractivity contribution in [1.29, 1.82) is 0 Å². The lowest BCUT2D eigenvalue weighted by Crippen LogP contribution is -2.56. The molecule has 28 heavy (non-hydrogen) atoms. The van der Waals surface area contributed by atoms with Crippen molar-refractivity contribution >= 4 is 23.5 Å². The molecule has 4 nitrogen and oxygen atoms in total. The van der Waals surface area contributed by atoms with E-state index in [9.17, 15) is 9.59 Å². The molecule has 0 spiro atoms. The highest BCUT2D eigenvalue weighted by Gasteiger charge is 2.60. The first-order chi connectivity index (χ1) is 13.3. The van der Waals surface area contributed by atoms with Crippen LogP contribution in [0.25, 0.3) is 0 Å². The smallest absolute Gasteiger partial charge is 0.312 e. The number of hydrogen-bond donors (Lipinski definition) is 1. The molecule has 0 radical (unpaired) electrons. The lowest BCUT2D eigenvalue weighted by Gasteiger charge is -2.58. The Hall–Kier alpha value is -1.55. The number of rotatable bonds is 6. The van der Waals surface area contributed by atoms with E-state index in [1.54, 1.807) is 0 Å². The largest absolute Gasteiger partial charge is 0.455 e. The number of alkyl halides is 1. The van der Waals surface area contributed by atoms with Gasteiger partial charge in [-0.25, -0.2) is 0 Å². The Morgan fingerprint density at radius 2 is 1.82 bits per heavy atom. The molecular weight excluding hydrogens is 374 g/mol. The topological polar surface area (TPSA) is 55.4 Å².